The number of urea groups is 1. The number of halogens is 1. The summed E-state index contributed by atoms with van der Waals surface area (Å²) in [6, 6.07) is 8.00. The van der Waals surface area contributed by atoms with Gasteiger partial charge in [-0.1, -0.05) is 23.7 Å². The molecule has 8 nitrogen and oxygen atoms in total. The molecule has 2 amide bonds. The van der Waals surface area contributed by atoms with Gasteiger partial charge >= 0.3 is 24.9 Å². The van der Waals surface area contributed by atoms with Crippen molar-refractivity contribution < 1.29 is 38.5 Å². The van der Waals surface area contributed by atoms with Crippen molar-refractivity contribution in [3.63, 3.8) is 0 Å². The number of hydrogen-bond donors (Lipinski definition) is 2. The van der Waals surface area contributed by atoms with Gasteiger partial charge in [-0.3, -0.25) is 10.1 Å². The van der Waals surface area contributed by atoms with Crippen molar-refractivity contribution in [3.05, 3.63) is 68.2 Å². The van der Waals surface area contributed by atoms with E-state index in [0.29, 0.717) is 16.3 Å². The van der Waals surface area contributed by atoms with E-state index >= 15 is 0 Å². The van der Waals surface area contributed by atoms with Crippen LogP contribution in [0.3, 0.4) is 0 Å². The van der Waals surface area contributed by atoms with E-state index in [9.17, 15) is 24.8 Å². The second-order valence-corrected chi connectivity index (χ2v) is 5.57. The second kappa shape index (κ2) is 9.24. The fraction of sp³-hybridized carbons (Fsp3) is 0.125. The van der Waals surface area contributed by atoms with Crippen molar-refractivity contribution in [3.8, 4) is 0 Å². The van der Waals surface area contributed by atoms with E-state index in [4.69, 9.17) is 11.6 Å². The van der Waals surface area contributed by atoms with Gasteiger partial charge in [-0.05, 0) is 36.2 Å². The van der Waals surface area contributed by atoms with E-state index in [2.05, 4.69) is 10.6 Å². The third-order valence-electron chi connectivity index (χ3n) is 3.36. The van der Waals surface area contributed by atoms with Gasteiger partial charge in [0, 0.05) is 23.3 Å². The Labute approximate surface area is 165 Å². The molecule has 2 aromatic carbocycles. The third kappa shape index (κ3) is 5.49. The number of carbonyl (C=O) groups excluding carboxylic acids is 2. The zero-order chi connectivity index (χ0) is 18.6. The maximum Gasteiger partial charge on any atom is 1.00 e. The summed E-state index contributed by atoms with van der Waals surface area (Å²) in [5.41, 5.74) is 0.616. The van der Waals surface area contributed by atoms with Gasteiger partial charge in [-0.25, -0.2) is 4.79 Å². The Balaban J connectivity index is 0.00000338. The van der Waals surface area contributed by atoms with Crippen molar-refractivity contribution in [1.29, 1.82) is 0 Å². The molecule has 0 aliphatic rings. The Morgan fingerprint density at radius 3 is 2.46 bits per heavy atom. The number of aryl methyl sites for hydroxylation is 1. The molecule has 2 aromatic rings. The van der Waals surface area contributed by atoms with Crippen LogP contribution >= 0.6 is 11.6 Å². The molecule has 0 aliphatic carbocycles. The quantitative estimate of drug-likeness (QED) is 0.407. The molecule has 10 heteroatoms. The molecular weight excluding hydrogens is 357 g/mol. The molecule has 0 atom stereocenters. The predicted octanol–water partition coefficient (Wildman–Crippen LogP) is -0.754. The predicted molar refractivity (Wildman–Crippen MR) is 89.5 cm³/mol. The Morgan fingerprint density at radius 1 is 1.19 bits per heavy atom. The Morgan fingerprint density at radius 2 is 1.88 bits per heavy atom. The van der Waals surface area contributed by atoms with Crippen molar-refractivity contribution in [2.45, 2.75) is 13.5 Å². The van der Waals surface area contributed by atoms with Gasteiger partial charge in [0.1, 0.15) is 0 Å². The number of hydrogen-bond acceptors (Lipinski definition) is 5. The van der Waals surface area contributed by atoms with Crippen LogP contribution in [-0.4, -0.2) is 16.9 Å². The number of nitro benzene ring substituents is 1. The molecule has 2 N–H and O–H groups in total. The van der Waals surface area contributed by atoms with E-state index in [-0.39, 0.29) is 25.4 Å². The molecule has 0 saturated carbocycles. The van der Waals surface area contributed by atoms with Crippen LogP contribution in [0, 0.1) is 17.0 Å². The molecule has 0 aromatic heterocycles. The number of rotatable bonds is 5. The summed E-state index contributed by atoms with van der Waals surface area (Å²) < 4.78 is 0. The third-order valence-corrected chi connectivity index (χ3v) is 3.77. The first-order valence-electron chi connectivity index (χ1n) is 7.07. The van der Waals surface area contributed by atoms with E-state index < -0.39 is 28.2 Å². The Hall–Kier alpha value is -2.53. The normalized spacial score (nSPS) is 9.77. The number of nitrogens with one attached hydrogen (secondary N) is 2. The smallest absolute Gasteiger partial charge is 0.545 e. The maximum atomic E-state index is 11.9. The first-order chi connectivity index (χ1) is 11.8. The largest absolute Gasteiger partial charge is 1.00 e. The summed E-state index contributed by atoms with van der Waals surface area (Å²) in [5, 5.41) is 27.4. The fourth-order valence-corrected chi connectivity index (χ4v) is 2.22. The van der Waals surface area contributed by atoms with E-state index in [0.717, 1.165) is 17.7 Å². The molecule has 0 spiro atoms. The number of carboxylic acid groups (broad SMARTS) is 1. The van der Waals surface area contributed by atoms with E-state index in [1.807, 2.05) is 6.92 Å². The maximum absolute atomic E-state index is 11.9. The number of aromatic carboxylic acids is 1. The minimum absolute atomic E-state index is 0. The van der Waals surface area contributed by atoms with Gasteiger partial charge in [-0.15, -0.1) is 0 Å². The van der Waals surface area contributed by atoms with Gasteiger partial charge in [0.2, 0.25) is 0 Å². The van der Waals surface area contributed by atoms with Gasteiger partial charge in [-0.2, -0.15) is 0 Å². The summed E-state index contributed by atoms with van der Waals surface area (Å²) in [6.45, 7) is 1.80. The topological polar surface area (TPSA) is 124 Å². The Bertz CT molecular complexity index is 860. The van der Waals surface area contributed by atoms with Crippen LogP contribution in [-0.2, 0) is 6.54 Å². The molecule has 0 unspecified atom stereocenters. The van der Waals surface area contributed by atoms with Gasteiger partial charge < -0.3 is 20.5 Å². The number of carbonyl (C=O) groups is 2. The van der Waals surface area contributed by atoms with Crippen LogP contribution in [0.15, 0.2) is 36.4 Å². The Kier molecular flexibility index (Phi) is 7.65. The summed E-state index contributed by atoms with van der Waals surface area (Å²) in [5.74, 6) is -1.64. The number of benzene rings is 2. The van der Waals surface area contributed by atoms with E-state index in [1.54, 1.807) is 18.2 Å². The second-order valence-electron chi connectivity index (χ2n) is 5.17. The first-order valence-corrected chi connectivity index (χ1v) is 7.45. The molecule has 130 valence electrons. The summed E-state index contributed by atoms with van der Waals surface area (Å²) in [4.78, 5) is 32.8. The van der Waals surface area contributed by atoms with Crippen LogP contribution in [0.25, 0.3) is 0 Å². The summed E-state index contributed by atoms with van der Waals surface area (Å²) in [7, 11) is 0. The molecule has 0 aliphatic heterocycles. The van der Waals surface area contributed by atoms with Gasteiger partial charge in [0.25, 0.3) is 5.69 Å². The fourth-order valence-electron chi connectivity index (χ4n) is 2.04. The van der Waals surface area contributed by atoms with Gasteiger partial charge in [0.05, 0.1) is 16.5 Å². The summed E-state index contributed by atoms with van der Waals surface area (Å²) in [6.07, 6.45) is 0. The zero-order valence-electron chi connectivity index (χ0n) is 14.0. The SMILES string of the molecule is Cc1ccc(NC(=O)NCc2ccc(C(=O)[O-])c([N+](=O)[O-])c2)cc1Cl.[Li+]. The average Bonchev–Trinajstić information content (AvgIpc) is 2.56. The zero-order valence-corrected chi connectivity index (χ0v) is 14.8. The average molecular weight is 370 g/mol. The van der Waals surface area contributed by atoms with Gasteiger partial charge in [0.15, 0.2) is 0 Å². The van der Waals surface area contributed by atoms with Crippen LogP contribution < -0.4 is 34.6 Å². The summed E-state index contributed by atoms with van der Waals surface area (Å²) >= 11 is 5.97. The number of carboxylic acids is 1. The van der Waals surface area contributed by atoms with Crippen molar-refractivity contribution in [2.75, 3.05) is 5.32 Å². The van der Waals surface area contributed by atoms with Crippen molar-refractivity contribution in [1.82, 2.24) is 5.32 Å². The van der Waals surface area contributed by atoms with Crippen molar-refractivity contribution >= 4 is 35.0 Å². The first kappa shape index (κ1) is 21.5. The minimum atomic E-state index is -1.64. The molecule has 0 fully saturated rings. The minimum Gasteiger partial charge on any atom is -0.545 e. The number of nitrogens with zero attached hydrogens (tertiary/aromatic N) is 1. The molecule has 0 bridgehead atoms. The number of anilines is 1. The molecule has 0 radical (unpaired) electrons. The van der Waals surface area contributed by atoms with Crippen LogP contribution in [0.5, 0.6) is 0 Å². The molecule has 0 saturated heterocycles. The molecule has 2 rings (SSSR count). The monoisotopic (exact) mass is 369 g/mol. The number of nitro groups is 1. The van der Waals surface area contributed by atoms with Crippen LogP contribution in [0.1, 0.15) is 21.5 Å². The van der Waals surface area contributed by atoms with E-state index in [1.165, 1.54) is 6.07 Å². The van der Waals surface area contributed by atoms with Crippen molar-refractivity contribution in [2.24, 2.45) is 0 Å². The number of amides is 2. The molecular formula is C16H13ClLiN3O5. The standard InChI is InChI=1S/C16H14ClN3O5.Li/c1-9-2-4-11(7-13(9)17)19-16(23)18-8-10-3-5-12(15(21)22)14(6-10)20(24)25;/h2-7H,8H2,1H3,(H,21,22)(H2,18,19,23);/q;+1/p-1. The van der Waals surface area contributed by atoms with Crippen LogP contribution in [0.4, 0.5) is 16.2 Å². The molecule has 26 heavy (non-hydrogen) atoms. The van der Waals surface area contributed by atoms with Crippen LogP contribution in [0.2, 0.25) is 5.02 Å². The molecule has 0 heterocycles.